The molecule has 10 heteroatoms. The molecule has 38 heavy (non-hydrogen) atoms. The zero-order valence-corrected chi connectivity index (χ0v) is 21.9. The summed E-state index contributed by atoms with van der Waals surface area (Å²) in [6.45, 7) is 2.69. The highest BCUT2D eigenvalue weighted by Gasteiger charge is 2.39. The topological polar surface area (TPSA) is 113 Å². The van der Waals surface area contributed by atoms with Gasteiger partial charge in [0.2, 0.25) is 17.7 Å². The fraction of sp³-hybridized carbons (Fsp3) is 0.500. The monoisotopic (exact) mass is 525 g/mol. The van der Waals surface area contributed by atoms with E-state index in [2.05, 4.69) is 20.9 Å². The van der Waals surface area contributed by atoms with Crippen LogP contribution < -0.4 is 20.7 Å². The van der Waals surface area contributed by atoms with Gasteiger partial charge in [0.25, 0.3) is 0 Å². The van der Waals surface area contributed by atoms with E-state index >= 15 is 0 Å². The number of hydrogen-bond donors (Lipinski definition) is 3. The fourth-order valence-electron chi connectivity index (χ4n) is 4.59. The minimum absolute atomic E-state index is 0.184. The van der Waals surface area contributed by atoms with E-state index in [1.807, 2.05) is 6.07 Å². The van der Waals surface area contributed by atoms with Crippen molar-refractivity contribution in [1.29, 1.82) is 0 Å². The number of aryl methyl sites for hydroxylation is 1. The predicted octanol–water partition coefficient (Wildman–Crippen LogP) is 1.60. The van der Waals surface area contributed by atoms with E-state index in [1.54, 1.807) is 38.5 Å². The van der Waals surface area contributed by atoms with Crippen LogP contribution in [0.25, 0.3) is 0 Å². The van der Waals surface area contributed by atoms with Crippen LogP contribution in [-0.2, 0) is 27.2 Å². The van der Waals surface area contributed by atoms with E-state index in [4.69, 9.17) is 4.74 Å². The molecule has 0 bridgehead atoms. The standard InChI is InChI=1S/C28H36FN5O4/c1-18-26(35)33-23(15-19-5-3-11-30-17-19)27(36)32-12-4-6-20-9-10-22(29)16-24(20)38-14-13-31-25(21-7-8-21)28(37)34(18)2/h3,5,9-11,16-18,21,23,25,31H,4,6-8,12-15H2,1-2H3,(H,32,36)(H,33,35)/t18-,23-,25+/m1/s1. The Balaban J connectivity index is 1.55. The van der Waals surface area contributed by atoms with Crippen molar-refractivity contribution in [1.82, 2.24) is 25.8 Å². The van der Waals surface area contributed by atoms with E-state index in [-0.39, 0.29) is 36.6 Å². The van der Waals surface area contributed by atoms with Crippen molar-refractivity contribution in [2.75, 3.05) is 26.7 Å². The Morgan fingerprint density at radius 2 is 1.95 bits per heavy atom. The average molecular weight is 526 g/mol. The Morgan fingerprint density at radius 1 is 1.13 bits per heavy atom. The van der Waals surface area contributed by atoms with Gasteiger partial charge in [0.15, 0.2) is 0 Å². The molecule has 0 unspecified atom stereocenters. The number of likely N-dealkylation sites (N-methyl/N-ethyl adjacent to an activating group) is 1. The average Bonchev–Trinajstić information content (AvgIpc) is 3.75. The van der Waals surface area contributed by atoms with Crippen molar-refractivity contribution in [2.24, 2.45) is 5.92 Å². The van der Waals surface area contributed by atoms with Crippen LogP contribution in [0.2, 0.25) is 0 Å². The maximum Gasteiger partial charge on any atom is 0.243 e. The summed E-state index contributed by atoms with van der Waals surface area (Å²) in [5.41, 5.74) is 1.64. The van der Waals surface area contributed by atoms with Crippen LogP contribution in [0.1, 0.15) is 37.3 Å². The summed E-state index contributed by atoms with van der Waals surface area (Å²) in [5, 5.41) is 9.04. The number of hydrogen-bond acceptors (Lipinski definition) is 6. The van der Waals surface area contributed by atoms with Gasteiger partial charge in [-0.25, -0.2) is 4.39 Å². The Morgan fingerprint density at radius 3 is 2.68 bits per heavy atom. The fourth-order valence-corrected chi connectivity index (χ4v) is 4.59. The second-order valence-corrected chi connectivity index (χ2v) is 10.0. The molecule has 9 nitrogen and oxygen atoms in total. The molecular weight excluding hydrogens is 489 g/mol. The number of carbonyl (C=O) groups excluding carboxylic acids is 3. The van der Waals surface area contributed by atoms with Gasteiger partial charge in [-0.3, -0.25) is 19.4 Å². The molecule has 1 aliphatic carbocycles. The van der Waals surface area contributed by atoms with Crippen LogP contribution in [0, 0.1) is 11.7 Å². The van der Waals surface area contributed by atoms with Gasteiger partial charge in [-0.05, 0) is 61.8 Å². The van der Waals surface area contributed by atoms with Crippen LogP contribution in [0.4, 0.5) is 4.39 Å². The number of fused-ring (bicyclic) bond motifs is 1. The van der Waals surface area contributed by atoms with Crippen molar-refractivity contribution >= 4 is 17.7 Å². The second-order valence-electron chi connectivity index (χ2n) is 10.0. The molecule has 2 aromatic rings. The normalized spacial score (nSPS) is 24.3. The highest BCUT2D eigenvalue weighted by molar-refractivity contribution is 5.93. The van der Waals surface area contributed by atoms with Gasteiger partial charge < -0.3 is 25.6 Å². The van der Waals surface area contributed by atoms with Crippen molar-refractivity contribution in [3.63, 3.8) is 0 Å². The smallest absolute Gasteiger partial charge is 0.243 e. The Labute approximate surface area is 222 Å². The van der Waals surface area contributed by atoms with E-state index in [9.17, 15) is 18.8 Å². The van der Waals surface area contributed by atoms with Gasteiger partial charge in [0, 0.05) is 45.0 Å². The van der Waals surface area contributed by atoms with E-state index < -0.39 is 24.0 Å². The Kier molecular flexibility index (Phi) is 9.28. The van der Waals surface area contributed by atoms with Gasteiger partial charge in [-0.1, -0.05) is 12.1 Å². The van der Waals surface area contributed by atoms with Gasteiger partial charge in [0.05, 0.1) is 6.04 Å². The summed E-state index contributed by atoms with van der Waals surface area (Å²) >= 11 is 0. The molecule has 1 aliphatic heterocycles. The first kappa shape index (κ1) is 27.5. The van der Waals surface area contributed by atoms with E-state index in [0.29, 0.717) is 31.7 Å². The summed E-state index contributed by atoms with van der Waals surface area (Å²) in [6, 6.07) is 6.01. The van der Waals surface area contributed by atoms with Crippen molar-refractivity contribution in [3.8, 4) is 5.75 Å². The summed E-state index contributed by atoms with van der Waals surface area (Å²) in [5.74, 6) is -0.642. The summed E-state index contributed by atoms with van der Waals surface area (Å²) in [4.78, 5) is 45.2. The number of halogens is 1. The quantitative estimate of drug-likeness (QED) is 0.561. The van der Waals surface area contributed by atoms with Crippen LogP contribution in [0.3, 0.4) is 0 Å². The van der Waals surface area contributed by atoms with Crippen molar-refractivity contribution in [2.45, 2.75) is 57.2 Å². The summed E-state index contributed by atoms with van der Waals surface area (Å²) < 4.78 is 19.8. The first-order chi connectivity index (χ1) is 18.3. The van der Waals surface area contributed by atoms with Gasteiger partial charge >= 0.3 is 0 Å². The largest absolute Gasteiger partial charge is 0.492 e. The predicted molar refractivity (Wildman–Crippen MR) is 140 cm³/mol. The Hall–Kier alpha value is -3.53. The molecule has 204 valence electrons. The zero-order valence-electron chi connectivity index (χ0n) is 21.9. The lowest BCUT2D eigenvalue weighted by Gasteiger charge is -2.30. The number of benzene rings is 1. The number of nitrogens with one attached hydrogen (secondary N) is 3. The van der Waals surface area contributed by atoms with Gasteiger partial charge in [-0.15, -0.1) is 0 Å². The number of carbonyl (C=O) groups is 3. The first-order valence-corrected chi connectivity index (χ1v) is 13.2. The molecule has 1 fully saturated rings. The molecule has 0 saturated heterocycles. The molecule has 1 saturated carbocycles. The SMILES string of the molecule is C[C@@H]1C(=O)N[C@H](Cc2cccnc2)C(=O)NCCCc2ccc(F)cc2OCCN[C@@H](C2CC2)C(=O)N1C. The van der Waals surface area contributed by atoms with Gasteiger partial charge in [0.1, 0.15) is 30.3 Å². The zero-order chi connectivity index (χ0) is 27.1. The lowest BCUT2D eigenvalue weighted by atomic mass is 10.1. The number of rotatable bonds is 3. The molecule has 3 N–H and O–H groups in total. The molecule has 0 radical (unpaired) electrons. The summed E-state index contributed by atoms with van der Waals surface area (Å²) in [7, 11) is 1.60. The van der Waals surface area contributed by atoms with Crippen LogP contribution in [0.5, 0.6) is 5.75 Å². The van der Waals surface area contributed by atoms with Crippen LogP contribution >= 0.6 is 0 Å². The number of amides is 3. The summed E-state index contributed by atoms with van der Waals surface area (Å²) in [6.07, 6.45) is 6.61. The maximum atomic E-state index is 13.9. The highest BCUT2D eigenvalue weighted by atomic mass is 19.1. The third-order valence-electron chi connectivity index (χ3n) is 7.14. The van der Waals surface area contributed by atoms with Crippen LogP contribution in [-0.4, -0.2) is 72.5 Å². The molecule has 2 heterocycles. The van der Waals surface area contributed by atoms with Crippen molar-refractivity contribution < 1.29 is 23.5 Å². The lowest BCUT2D eigenvalue weighted by Crippen LogP contribution is -2.56. The minimum atomic E-state index is -0.835. The third-order valence-corrected chi connectivity index (χ3v) is 7.14. The third kappa shape index (κ3) is 7.28. The number of nitrogens with zero attached hydrogens (tertiary/aromatic N) is 2. The van der Waals surface area contributed by atoms with Crippen LogP contribution in [0.15, 0.2) is 42.7 Å². The molecular formula is C28H36FN5O4. The van der Waals surface area contributed by atoms with Crippen molar-refractivity contribution in [3.05, 3.63) is 59.7 Å². The maximum absolute atomic E-state index is 13.9. The molecule has 0 spiro atoms. The number of aromatic nitrogens is 1. The Bertz CT molecular complexity index is 1130. The number of pyridine rings is 1. The van der Waals surface area contributed by atoms with E-state index in [0.717, 1.165) is 24.0 Å². The molecule has 1 aromatic carbocycles. The highest BCUT2D eigenvalue weighted by Crippen LogP contribution is 2.33. The van der Waals surface area contributed by atoms with E-state index in [1.165, 1.54) is 17.0 Å². The molecule has 4 rings (SSSR count). The minimum Gasteiger partial charge on any atom is -0.492 e. The first-order valence-electron chi connectivity index (χ1n) is 13.2. The molecule has 2 aliphatic rings. The lowest BCUT2D eigenvalue weighted by molar-refractivity contribution is -0.141. The number of ether oxygens (including phenoxy) is 1. The molecule has 3 amide bonds. The van der Waals surface area contributed by atoms with Gasteiger partial charge in [-0.2, -0.15) is 0 Å². The second kappa shape index (κ2) is 12.8. The molecule has 3 atom stereocenters. The molecule has 1 aromatic heterocycles.